The molecule has 0 saturated heterocycles. The molecular formula is C43H48F4O2. The molecule has 2 fully saturated rings. The molecule has 2 aliphatic carbocycles. The van der Waals surface area contributed by atoms with Crippen LogP contribution < -0.4 is 9.47 Å². The molecule has 6 heteroatoms. The summed E-state index contributed by atoms with van der Waals surface area (Å²) in [6.45, 7) is 5.51. The largest absolute Gasteiger partial charge is 0.493 e. The second-order valence-electron chi connectivity index (χ2n) is 14.2. The van der Waals surface area contributed by atoms with Crippen molar-refractivity contribution in [2.75, 3.05) is 13.2 Å². The van der Waals surface area contributed by atoms with Crippen LogP contribution in [0.25, 0.3) is 33.4 Å². The standard InChI is InChI=1S/C43H48F4O2/c1-3-6-29-11-15-31(16-12-29)26-48-41-8-5-7-37(36-22-19-34(45)25-40(36)47)43(41)38-20-17-32(35-21-18-33(44)24-39(35)46)23-42(38)49-27-30-13-9-28(4-2)10-14-30/h5,7-8,17-25,28-31H,3-4,6,9-16,26-27H2,1-2H3. The van der Waals surface area contributed by atoms with E-state index in [9.17, 15) is 8.78 Å². The summed E-state index contributed by atoms with van der Waals surface area (Å²) in [6.07, 6.45) is 12.8. The molecule has 0 bridgehead atoms. The topological polar surface area (TPSA) is 18.5 Å². The highest BCUT2D eigenvalue weighted by atomic mass is 19.1. The molecule has 4 aromatic rings. The maximum atomic E-state index is 15.5. The molecule has 0 radical (unpaired) electrons. The molecule has 0 N–H and O–H groups in total. The molecule has 260 valence electrons. The lowest BCUT2D eigenvalue weighted by Crippen LogP contribution is -2.20. The molecule has 2 saturated carbocycles. The van der Waals surface area contributed by atoms with Gasteiger partial charge >= 0.3 is 0 Å². The molecule has 0 amide bonds. The van der Waals surface area contributed by atoms with Gasteiger partial charge in [-0.1, -0.05) is 77.0 Å². The normalized spacial score (nSPS) is 21.0. The monoisotopic (exact) mass is 672 g/mol. The summed E-state index contributed by atoms with van der Waals surface area (Å²) in [7, 11) is 0. The molecule has 4 aromatic carbocycles. The van der Waals surface area contributed by atoms with Crippen LogP contribution in [0.15, 0.2) is 72.8 Å². The Morgan fingerprint density at radius 1 is 0.531 bits per heavy atom. The van der Waals surface area contributed by atoms with Gasteiger partial charge in [-0.05, 0) is 103 Å². The summed E-state index contributed by atoms with van der Waals surface area (Å²) in [5, 5.41) is 0. The van der Waals surface area contributed by atoms with E-state index >= 15 is 8.78 Å². The molecule has 0 unspecified atom stereocenters. The average Bonchev–Trinajstić information content (AvgIpc) is 3.11. The van der Waals surface area contributed by atoms with Crippen molar-refractivity contribution < 1.29 is 27.0 Å². The Bertz CT molecular complexity index is 1700. The summed E-state index contributed by atoms with van der Waals surface area (Å²) in [4.78, 5) is 0. The van der Waals surface area contributed by atoms with E-state index in [2.05, 4.69) is 13.8 Å². The van der Waals surface area contributed by atoms with Crippen LogP contribution in [0.2, 0.25) is 0 Å². The third kappa shape index (κ3) is 8.51. The van der Waals surface area contributed by atoms with Crippen molar-refractivity contribution in [2.24, 2.45) is 23.7 Å². The van der Waals surface area contributed by atoms with E-state index in [-0.39, 0.29) is 11.1 Å². The van der Waals surface area contributed by atoms with Crippen LogP contribution in [0.3, 0.4) is 0 Å². The summed E-state index contributed by atoms with van der Waals surface area (Å²) in [6, 6.07) is 18.1. The van der Waals surface area contributed by atoms with Gasteiger partial charge < -0.3 is 9.47 Å². The van der Waals surface area contributed by atoms with E-state index in [1.807, 2.05) is 24.3 Å². The fourth-order valence-electron chi connectivity index (χ4n) is 7.92. The van der Waals surface area contributed by atoms with E-state index < -0.39 is 23.3 Å². The van der Waals surface area contributed by atoms with Gasteiger partial charge in [-0.15, -0.1) is 0 Å². The zero-order valence-corrected chi connectivity index (χ0v) is 28.8. The zero-order valence-electron chi connectivity index (χ0n) is 28.8. The molecular weight excluding hydrogens is 624 g/mol. The first-order valence-electron chi connectivity index (χ1n) is 18.3. The fraction of sp³-hybridized carbons (Fsp3) is 0.442. The van der Waals surface area contributed by atoms with Crippen LogP contribution in [0.1, 0.15) is 84.5 Å². The third-order valence-corrected chi connectivity index (χ3v) is 10.9. The van der Waals surface area contributed by atoms with E-state index in [0.717, 1.165) is 49.7 Å². The SMILES string of the molecule is CCCC1CCC(COc2cccc(-c3ccc(F)cc3F)c2-c2ccc(-c3ccc(F)cc3F)cc2OCC2CCC(CC)CC2)CC1. The molecule has 0 aliphatic heterocycles. The first-order chi connectivity index (χ1) is 23.8. The first-order valence-corrected chi connectivity index (χ1v) is 18.3. The number of ether oxygens (including phenoxy) is 2. The van der Waals surface area contributed by atoms with Crippen molar-refractivity contribution in [2.45, 2.75) is 84.5 Å². The van der Waals surface area contributed by atoms with Gasteiger partial charge in [0.05, 0.1) is 13.2 Å². The Kier molecular flexibility index (Phi) is 11.6. The van der Waals surface area contributed by atoms with Gasteiger partial charge in [0.1, 0.15) is 34.8 Å². The lowest BCUT2D eigenvalue weighted by atomic mass is 9.80. The van der Waals surface area contributed by atoms with Gasteiger partial charge in [0.25, 0.3) is 0 Å². The van der Waals surface area contributed by atoms with Crippen LogP contribution in [0, 0.1) is 46.9 Å². The van der Waals surface area contributed by atoms with Gasteiger partial charge in [0.15, 0.2) is 0 Å². The molecule has 0 heterocycles. The van der Waals surface area contributed by atoms with Crippen molar-refractivity contribution in [1.82, 2.24) is 0 Å². The summed E-state index contributed by atoms with van der Waals surface area (Å²) in [5.41, 5.74) is 2.92. The summed E-state index contributed by atoms with van der Waals surface area (Å²) < 4.78 is 71.7. The highest BCUT2D eigenvalue weighted by Gasteiger charge is 2.26. The third-order valence-electron chi connectivity index (χ3n) is 10.9. The fourth-order valence-corrected chi connectivity index (χ4v) is 7.92. The molecule has 0 aromatic heterocycles. The van der Waals surface area contributed by atoms with Gasteiger partial charge in [-0.3, -0.25) is 0 Å². The van der Waals surface area contributed by atoms with E-state index in [1.165, 1.54) is 69.2 Å². The first kappa shape index (κ1) is 35.0. The van der Waals surface area contributed by atoms with Crippen LogP contribution in [-0.4, -0.2) is 13.2 Å². The van der Waals surface area contributed by atoms with Crippen LogP contribution >= 0.6 is 0 Å². The minimum Gasteiger partial charge on any atom is -0.493 e. The lowest BCUT2D eigenvalue weighted by Gasteiger charge is -2.29. The van der Waals surface area contributed by atoms with E-state index in [4.69, 9.17) is 9.47 Å². The van der Waals surface area contributed by atoms with Crippen LogP contribution in [0.5, 0.6) is 11.5 Å². The Labute approximate surface area is 288 Å². The highest BCUT2D eigenvalue weighted by Crippen LogP contribution is 2.46. The van der Waals surface area contributed by atoms with Gasteiger partial charge in [0, 0.05) is 34.4 Å². The summed E-state index contributed by atoms with van der Waals surface area (Å²) in [5.74, 6) is 0.795. The number of hydrogen-bond donors (Lipinski definition) is 0. The Morgan fingerprint density at radius 2 is 1.08 bits per heavy atom. The highest BCUT2D eigenvalue weighted by molar-refractivity contribution is 5.91. The van der Waals surface area contributed by atoms with E-state index in [0.29, 0.717) is 58.8 Å². The minimum atomic E-state index is -0.673. The molecule has 2 aliphatic rings. The average molecular weight is 673 g/mol. The lowest BCUT2D eigenvalue weighted by molar-refractivity contribution is 0.178. The number of benzene rings is 4. The zero-order chi connectivity index (χ0) is 34.3. The van der Waals surface area contributed by atoms with Crippen molar-refractivity contribution in [1.29, 1.82) is 0 Å². The predicted octanol–water partition coefficient (Wildman–Crippen LogP) is 12.8. The predicted molar refractivity (Wildman–Crippen MR) is 190 cm³/mol. The molecule has 0 atom stereocenters. The van der Waals surface area contributed by atoms with Crippen molar-refractivity contribution >= 4 is 0 Å². The molecule has 6 rings (SSSR count). The van der Waals surface area contributed by atoms with Gasteiger partial charge in [0.2, 0.25) is 0 Å². The van der Waals surface area contributed by atoms with Crippen LogP contribution in [0.4, 0.5) is 17.6 Å². The minimum absolute atomic E-state index is 0.249. The van der Waals surface area contributed by atoms with E-state index in [1.54, 1.807) is 12.1 Å². The molecule has 0 spiro atoms. The Hall–Kier alpha value is -3.80. The number of halogens is 4. The second kappa shape index (κ2) is 16.3. The Balaban J connectivity index is 1.40. The van der Waals surface area contributed by atoms with Crippen molar-refractivity contribution in [3.63, 3.8) is 0 Å². The Morgan fingerprint density at radius 3 is 1.67 bits per heavy atom. The molecule has 2 nitrogen and oxygen atoms in total. The summed E-state index contributed by atoms with van der Waals surface area (Å²) >= 11 is 0. The maximum Gasteiger partial charge on any atom is 0.133 e. The van der Waals surface area contributed by atoms with Gasteiger partial charge in [-0.2, -0.15) is 0 Å². The van der Waals surface area contributed by atoms with Gasteiger partial charge in [-0.25, -0.2) is 17.6 Å². The van der Waals surface area contributed by atoms with Crippen molar-refractivity contribution in [3.8, 4) is 44.9 Å². The maximum absolute atomic E-state index is 15.5. The molecule has 49 heavy (non-hydrogen) atoms. The number of hydrogen-bond acceptors (Lipinski definition) is 2. The quantitative estimate of drug-likeness (QED) is 0.139. The van der Waals surface area contributed by atoms with Crippen LogP contribution in [-0.2, 0) is 0 Å². The number of rotatable bonds is 12. The van der Waals surface area contributed by atoms with Crippen molar-refractivity contribution in [3.05, 3.63) is 96.1 Å². The second-order valence-corrected chi connectivity index (χ2v) is 14.2. The smallest absolute Gasteiger partial charge is 0.133 e.